The maximum Gasteiger partial charge on any atom is 0.302 e. The SMILES string of the molecule is CO[C@H]1C=CC[C@H](COC(C)=O)O1. The Hall–Kier alpha value is -0.870. The van der Waals surface area contributed by atoms with Gasteiger partial charge in [0.25, 0.3) is 0 Å². The minimum atomic E-state index is -0.311. The average Bonchev–Trinajstić information content (AvgIpc) is 2.15. The van der Waals surface area contributed by atoms with Gasteiger partial charge in [-0.3, -0.25) is 4.79 Å². The van der Waals surface area contributed by atoms with Crippen molar-refractivity contribution in [2.24, 2.45) is 0 Å². The van der Waals surface area contributed by atoms with Crippen molar-refractivity contribution >= 4 is 5.97 Å². The van der Waals surface area contributed by atoms with Gasteiger partial charge in [-0.15, -0.1) is 0 Å². The lowest BCUT2D eigenvalue weighted by molar-refractivity contribution is -0.162. The predicted molar refractivity (Wildman–Crippen MR) is 46.1 cm³/mol. The summed E-state index contributed by atoms with van der Waals surface area (Å²) in [7, 11) is 1.57. The molecule has 0 unspecified atom stereocenters. The Kier molecular flexibility index (Phi) is 3.92. The molecule has 0 aromatic carbocycles. The number of esters is 1. The van der Waals surface area contributed by atoms with Crippen LogP contribution in [0.2, 0.25) is 0 Å². The lowest BCUT2D eigenvalue weighted by Crippen LogP contribution is -2.29. The molecule has 0 fully saturated rings. The lowest BCUT2D eigenvalue weighted by atomic mass is 10.2. The largest absolute Gasteiger partial charge is 0.463 e. The van der Waals surface area contributed by atoms with Gasteiger partial charge in [0.2, 0.25) is 0 Å². The van der Waals surface area contributed by atoms with Gasteiger partial charge in [0.05, 0.1) is 6.10 Å². The minimum absolute atomic E-state index is 0.0844. The van der Waals surface area contributed by atoms with Crippen LogP contribution in [0.25, 0.3) is 0 Å². The van der Waals surface area contributed by atoms with Gasteiger partial charge in [-0.25, -0.2) is 0 Å². The van der Waals surface area contributed by atoms with E-state index in [1.54, 1.807) is 7.11 Å². The number of methoxy groups -OCH3 is 1. The Balaban J connectivity index is 2.28. The fourth-order valence-corrected chi connectivity index (χ4v) is 1.08. The standard InChI is InChI=1S/C9H14O4/c1-7(10)12-6-8-4-3-5-9(11-2)13-8/h3,5,8-9H,4,6H2,1-2H3/t8-,9-/m1/s1. The molecule has 0 spiro atoms. The molecule has 1 heterocycles. The molecule has 4 nitrogen and oxygen atoms in total. The minimum Gasteiger partial charge on any atom is -0.463 e. The summed E-state index contributed by atoms with van der Waals surface area (Å²) in [4.78, 5) is 10.5. The van der Waals surface area contributed by atoms with Crippen molar-refractivity contribution in [2.75, 3.05) is 13.7 Å². The van der Waals surface area contributed by atoms with Gasteiger partial charge in [-0.2, -0.15) is 0 Å². The fraction of sp³-hybridized carbons (Fsp3) is 0.667. The smallest absolute Gasteiger partial charge is 0.302 e. The Labute approximate surface area is 77.5 Å². The summed E-state index contributed by atoms with van der Waals surface area (Å²) in [6, 6.07) is 0. The molecule has 0 bridgehead atoms. The first-order valence-corrected chi connectivity index (χ1v) is 4.20. The molecule has 0 amide bonds. The number of ether oxygens (including phenoxy) is 3. The first-order chi connectivity index (χ1) is 6.22. The van der Waals surface area contributed by atoms with Crippen LogP contribution < -0.4 is 0 Å². The molecule has 0 radical (unpaired) electrons. The molecular formula is C9H14O4. The molecule has 13 heavy (non-hydrogen) atoms. The van der Waals surface area contributed by atoms with E-state index in [0.717, 1.165) is 6.42 Å². The van der Waals surface area contributed by atoms with E-state index in [-0.39, 0.29) is 18.4 Å². The second kappa shape index (κ2) is 4.99. The molecule has 4 heteroatoms. The zero-order chi connectivity index (χ0) is 9.68. The molecule has 0 aromatic rings. The summed E-state index contributed by atoms with van der Waals surface area (Å²) in [6.45, 7) is 1.67. The number of carbonyl (C=O) groups excluding carboxylic acids is 1. The van der Waals surface area contributed by atoms with Crippen molar-refractivity contribution in [3.63, 3.8) is 0 Å². The van der Waals surface area contributed by atoms with Crippen LogP contribution >= 0.6 is 0 Å². The van der Waals surface area contributed by atoms with Gasteiger partial charge in [0, 0.05) is 14.0 Å². The maximum atomic E-state index is 10.5. The number of hydrogen-bond acceptors (Lipinski definition) is 4. The highest BCUT2D eigenvalue weighted by Gasteiger charge is 2.18. The van der Waals surface area contributed by atoms with Crippen LogP contribution in [-0.4, -0.2) is 32.1 Å². The molecule has 0 N–H and O–H groups in total. The second-order valence-electron chi connectivity index (χ2n) is 2.83. The summed E-state index contributed by atoms with van der Waals surface area (Å²) in [6.07, 6.45) is 4.16. The molecule has 2 atom stereocenters. The van der Waals surface area contributed by atoms with Gasteiger partial charge in [-0.05, 0) is 12.5 Å². The van der Waals surface area contributed by atoms with Gasteiger partial charge in [-0.1, -0.05) is 6.08 Å². The van der Waals surface area contributed by atoms with E-state index >= 15 is 0 Å². The summed E-state index contributed by atoms with van der Waals surface area (Å²) >= 11 is 0. The Morgan fingerprint density at radius 1 is 1.69 bits per heavy atom. The predicted octanol–water partition coefficient (Wildman–Crippen LogP) is 0.867. The van der Waals surface area contributed by atoms with Crippen molar-refractivity contribution in [3.8, 4) is 0 Å². The fourth-order valence-electron chi connectivity index (χ4n) is 1.08. The molecule has 0 aliphatic carbocycles. The van der Waals surface area contributed by atoms with E-state index in [0.29, 0.717) is 6.61 Å². The molecule has 0 saturated heterocycles. The van der Waals surface area contributed by atoms with E-state index in [9.17, 15) is 4.79 Å². The van der Waals surface area contributed by atoms with Crippen LogP contribution in [0.3, 0.4) is 0 Å². The van der Waals surface area contributed by atoms with E-state index in [1.165, 1.54) is 6.92 Å². The monoisotopic (exact) mass is 186 g/mol. The van der Waals surface area contributed by atoms with Gasteiger partial charge in [0.1, 0.15) is 6.61 Å². The number of rotatable bonds is 3. The third-order valence-corrected chi connectivity index (χ3v) is 1.72. The molecule has 1 aliphatic heterocycles. The van der Waals surface area contributed by atoms with Crippen LogP contribution in [0.15, 0.2) is 12.2 Å². The van der Waals surface area contributed by atoms with Crippen molar-refractivity contribution in [1.29, 1.82) is 0 Å². The van der Waals surface area contributed by atoms with Crippen LogP contribution in [0.5, 0.6) is 0 Å². The summed E-state index contributed by atoms with van der Waals surface area (Å²) in [5, 5.41) is 0. The van der Waals surface area contributed by atoms with E-state index in [4.69, 9.17) is 14.2 Å². The maximum absolute atomic E-state index is 10.5. The lowest BCUT2D eigenvalue weighted by Gasteiger charge is -2.24. The molecule has 0 saturated carbocycles. The Morgan fingerprint density at radius 2 is 2.46 bits per heavy atom. The van der Waals surface area contributed by atoms with Crippen LogP contribution in [0.1, 0.15) is 13.3 Å². The Morgan fingerprint density at radius 3 is 3.08 bits per heavy atom. The van der Waals surface area contributed by atoms with Crippen molar-refractivity contribution in [2.45, 2.75) is 25.7 Å². The van der Waals surface area contributed by atoms with Gasteiger partial charge >= 0.3 is 5.97 Å². The topological polar surface area (TPSA) is 44.8 Å². The normalized spacial score (nSPS) is 27.2. The van der Waals surface area contributed by atoms with Crippen molar-refractivity contribution in [3.05, 3.63) is 12.2 Å². The van der Waals surface area contributed by atoms with Gasteiger partial charge < -0.3 is 14.2 Å². The summed E-state index contributed by atoms with van der Waals surface area (Å²) in [5.74, 6) is -0.285. The van der Waals surface area contributed by atoms with E-state index < -0.39 is 0 Å². The van der Waals surface area contributed by atoms with Crippen molar-refractivity contribution in [1.82, 2.24) is 0 Å². The highest BCUT2D eigenvalue weighted by molar-refractivity contribution is 5.65. The van der Waals surface area contributed by atoms with Gasteiger partial charge in [0.15, 0.2) is 6.29 Å². The van der Waals surface area contributed by atoms with Crippen LogP contribution in [0.4, 0.5) is 0 Å². The molecule has 74 valence electrons. The summed E-state index contributed by atoms with van der Waals surface area (Å²) < 4.78 is 15.2. The molecule has 1 rings (SSSR count). The van der Waals surface area contributed by atoms with Crippen molar-refractivity contribution < 1.29 is 19.0 Å². The first-order valence-electron chi connectivity index (χ1n) is 4.20. The van der Waals surface area contributed by atoms with E-state index in [1.807, 2.05) is 12.2 Å². The summed E-state index contributed by atoms with van der Waals surface area (Å²) in [5.41, 5.74) is 0. The molecular weight excluding hydrogens is 172 g/mol. The number of hydrogen-bond donors (Lipinski definition) is 0. The third-order valence-electron chi connectivity index (χ3n) is 1.72. The average molecular weight is 186 g/mol. The third kappa shape index (κ3) is 3.57. The zero-order valence-electron chi connectivity index (χ0n) is 7.86. The van der Waals surface area contributed by atoms with Crippen LogP contribution in [-0.2, 0) is 19.0 Å². The quantitative estimate of drug-likeness (QED) is 0.484. The van der Waals surface area contributed by atoms with Crippen LogP contribution in [0, 0.1) is 0 Å². The first kappa shape index (κ1) is 10.2. The zero-order valence-corrected chi connectivity index (χ0v) is 7.86. The van der Waals surface area contributed by atoms with E-state index in [2.05, 4.69) is 0 Å². The highest BCUT2D eigenvalue weighted by Crippen LogP contribution is 2.12. The number of carbonyl (C=O) groups is 1. The molecule has 0 aromatic heterocycles. The molecule has 1 aliphatic rings. The highest BCUT2D eigenvalue weighted by atomic mass is 16.7. The second-order valence-corrected chi connectivity index (χ2v) is 2.83. The Bertz CT molecular complexity index is 200.